The number of halogens is 1. The van der Waals surface area contributed by atoms with E-state index in [1.54, 1.807) is 0 Å². The van der Waals surface area contributed by atoms with Gasteiger partial charge in [-0.2, -0.15) is 0 Å². The molecule has 26 heavy (non-hydrogen) atoms. The van der Waals surface area contributed by atoms with Crippen LogP contribution in [0.25, 0.3) is 6.08 Å². The first-order valence-corrected chi connectivity index (χ1v) is 10.3. The number of rotatable bonds is 0. The van der Waals surface area contributed by atoms with Gasteiger partial charge in [-0.25, -0.2) is 0 Å². The average molecular weight is 410 g/mol. The second kappa shape index (κ2) is 5.39. The van der Waals surface area contributed by atoms with Gasteiger partial charge in [0.15, 0.2) is 0 Å². The molecule has 2 aromatic carbocycles. The van der Waals surface area contributed by atoms with Crippen molar-refractivity contribution in [2.24, 2.45) is 5.92 Å². The quantitative estimate of drug-likeness (QED) is 0.561. The van der Waals surface area contributed by atoms with Crippen molar-refractivity contribution < 1.29 is 4.74 Å². The highest BCUT2D eigenvalue weighted by atomic mass is 79.9. The van der Waals surface area contributed by atoms with Gasteiger partial charge < -0.3 is 10.1 Å². The summed E-state index contributed by atoms with van der Waals surface area (Å²) in [4.78, 5) is 0. The van der Waals surface area contributed by atoms with Crippen LogP contribution in [-0.2, 0) is 5.41 Å². The van der Waals surface area contributed by atoms with Crippen LogP contribution in [0.4, 0.5) is 5.69 Å². The molecule has 0 bridgehead atoms. The molecule has 134 valence electrons. The molecule has 2 aromatic rings. The fourth-order valence-corrected chi connectivity index (χ4v) is 5.74. The van der Waals surface area contributed by atoms with Gasteiger partial charge in [-0.05, 0) is 76.4 Å². The van der Waals surface area contributed by atoms with E-state index in [4.69, 9.17) is 4.74 Å². The predicted molar refractivity (Wildman–Crippen MR) is 111 cm³/mol. The van der Waals surface area contributed by atoms with Crippen molar-refractivity contribution in [1.82, 2.24) is 0 Å². The van der Waals surface area contributed by atoms with E-state index in [9.17, 15) is 0 Å². The minimum atomic E-state index is -0.225. The van der Waals surface area contributed by atoms with Crippen molar-refractivity contribution in [3.8, 4) is 5.75 Å². The van der Waals surface area contributed by atoms with Crippen LogP contribution in [0.1, 0.15) is 44.7 Å². The topological polar surface area (TPSA) is 21.3 Å². The molecule has 3 atom stereocenters. The van der Waals surface area contributed by atoms with Crippen LogP contribution < -0.4 is 10.1 Å². The summed E-state index contributed by atoms with van der Waals surface area (Å²) in [5.41, 5.74) is 5.13. The first-order chi connectivity index (χ1) is 12.4. The fourth-order valence-electron chi connectivity index (χ4n) is 5.26. The SMILES string of the molecule is CC12CC[C@H]3[C@@H](Nc4c(Br)cccc4C3(C)C)C1=Cc1ccccc1O2. The zero-order chi connectivity index (χ0) is 18.1. The van der Waals surface area contributed by atoms with Crippen molar-refractivity contribution in [3.63, 3.8) is 0 Å². The molecule has 0 spiro atoms. The lowest BCUT2D eigenvalue weighted by atomic mass is 9.58. The van der Waals surface area contributed by atoms with E-state index in [0.29, 0.717) is 12.0 Å². The second-order valence-corrected chi connectivity index (χ2v) is 9.48. The summed E-state index contributed by atoms with van der Waals surface area (Å²) in [6.07, 6.45) is 4.59. The predicted octanol–water partition coefficient (Wildman–Crippen LogP) is 6.17. The summed E-state index contributed by atoms with van der Waals surface area (Å²) in [6, 6.07) is 15.2. The molecule has 1 unspecified atom stereocenters. The largest absolute Gasteiger partial charge is 0.483 e. The Bertz CT molecular complexity index is 932. The molecule has 2 nitrogen and oxygen atoms in total. The third-order valence-corrected chi connectivity index (χ3v) is 7.44. The minimum Gasteiger partial charge on any atom is -0.483 e. The number of benzene rings is 2. The van der Waals surface area contributed by atoms with Crippen molar-refractivity contribution >= 4 is 27.7 Å². The normalized spacial score (nSPS) is 30.5. The van der Waals surface area contributed by atoms with Gasteiger partial charge in [0.05, 0.1) is 11.7 Å². The Morgan fingerprint density at radius 1 is 1.08 bits per heavy atom. The van der Waals surface area contributed by atoms with E-state index in [1.165, 1.54) is 22.4 Å². The highest BCUT2D eigenvalue weighted by Crippen LogP contribution is 2.55. The monoisotopic (exact) mass is 409 g/mol. The number of hydrogen-bond acceptors (Lipinski definition) is 2. The number of para-hydroxylation sites is 2. The summed E-state index contributed by atoms with van der Waals surface area (Å²) >= 11 is 3.76. The van der Waals surface area contributed by atoms with Crippen LogP contribution in [0.5, 0.6) is 5.75 Å². The van der Waals surface area contributed by atoms with Crippen LogP contribution >= 0.6 is 15.9 Å². The Morgan fingerprint density at radius 2 is 1.88 bits per heavy atom. The van der Waals surface area contributed by atoms with E-state index in [1.807, 2.05) is 0 Å². The zero-order valence-corrected chi connectivity index (χ0v) is 17.1. The van der Waals surface area contributed by atoms with Crippen LogP contribution in [0.2, 0.25) is 0 Å². The van der Waals surface area contributed by atoms with Gasteiger partial charge in [0, 0.05) is 10.0 Å². The van der Waals surface area contributed by atoms with Crippen LogP contribution in [0, 0.1) is 5.92 Å². The van der Waals surface area contributed by atoms with Gasteiger partial charge in [0.25, 0.3) is 0 Å². The summed E-state index contributed by atoms with van der Waals surface area (Å²) in [5, 5.41) is 3.88. The first kappa shape index (κ1) is 16.4. The van der Waals surface area contributed by atoms with E-state index < -0.39 is 0 Å². The van der Waals surface area contributed by atoms with Gasteiger partial charge >= 0.3 is 0 Å². The van der Waals surface area contributed by atoms with Gasteiger partial charge in [-0.15, -0.1) is 0 Å². The standard InChI is InChI=1S/C23H24BrNO/c1-22(2)15-8-6-9-18(24)21(15)25-20-16(22)11-12-23(3)17(20)13-14-7-4-5-10-19(14)26-23/h4-10,13,16,20,25H,11-12H2,1-3H3/t16-,20+,23?/m0/s1. The smallest absolute Gasteiger partial charge is 0.130 e. The molecule has 0 saturated heterocycles. The Hall–Kier alpha value is -1.74. The van der Waals surface area contributed by atoms with Crippen LogP contribution in [0.15, 0.2) is 52.5 Å². The van der Waals surface area contributed by atoms with Crippen molar-refractivity contribution in [2.75, 3.05) is 5.32 Å². The number of anilines is 1. The summed E-state index contributed by atoms with van der Waals surface area (Å²) in [6.45, 7) is 7.06. The number of fused-ring (bicyclic) bond motifs is 5. The highest BCUT2D eigenvalue weighted by molar-refractivity contribution is 9.10. The third kappa shape index (κ3) is 2.16. The van der Waals surface area contributed by atoms with Gasteiger partial charge in [0.2, 0.25) is 0 Å². The van der Waals surface area contributed by atoms with E-state index in [2.05, 4.69) is 90.6 Å². The number of hydrogen-bond donors (Lipinski definition) is 1. The summed E-state index contributed by atoms with van der Waals surface area (Å²) in [5.74, 6) is 1.56. The maximum Gasteiger partial charge on any atom is 0.130 e. The molecule has 2 heterocycles. The van der Waals surface area contributed by atoms with Crippen molar-refractivity contribution in [2.45, 2.75) is 50.7 Å². The van der Waals surface area contributed by atoms with Crippen LogP contribution in [-0.4, -0.2) is 11.6 Å². The van der Waals surface area contributed by atoms with E-state index in [0.717, 1.165) is 23.1 Å². The molecule has 0 aromatic heterocycles. The Kier molecular flexibility index (Phi) is 3.40. The first-order valence-electron chi connectivity index (χ1n) is 9.46. The molecule has 1 fully saturated rings. The Labute approximate surface area is 163 Å². The van der Waals surface area contributed by atoms with Crippen molar-refractivity contribution in [1.29, 1.82) is 0 Å². The molecule has 1 saturated carbocycles. The molecule has 1 N–H and O–H groups in total. The summed E-state index contributed by atoms with van der Waals surface area (Å²) < 4.78 is 7.68. The molecular weight excluding hydrogens is 386 g/mol. The van der Waals surface area contributed by atoms with E-state index >= 15 is 0 Å². The number of nitrogens with one attached hydrogen (secondary N) is 1. The van der Waals surface area contributed by atoms with Gasteiger partial charge in [-0.3, -0.25) is 0 Å². The molecule has 1 aliphatic carbocycles. The molecule has 0 amide bonds. The number of ether oxygens (including phenoxy) is 1. The molecule has 3 aliphatic rings. The maximum absolute atomic E-state index is 6.54. The maximum atomic E-state index is 6.54. The second-order valence-electron chi connectivity index (χ2n) is 8.62. The average Bonchev–Trinajstić information content (AvgIpc) is 2.60. The summed E-state index contributed by atoms with van der Waals surface area (Å²) in [7, 11) is 0. The lowest BCUT2D eigenvalue weighted by Crippen LogP contribution is -2.57. The molecule has 3 heteroatoms. The zero-order valence-electron chi connectivity index (χ0n) is 15.5. The lowest BCUT2D eigenvalue weighted by molar-refractivity contribution is 0.0603. The molecule has 5 rings (SSSR count). The molecule has 0 radical (unpaired) electrons. The highest BCUT2D eigenvalue weighted by Gasteiger charge is 2.53. The molecular formula is C23H24BrNO. The fraction of sp³-hybridized carbons (Fsp3) is 0.391. The Morgan fingerprint density at radius 3 is 2.73 bits per heavy atom. The Balaban J connectivity index is 1.68. The minimum absolute atomic E-state index is 0.119. The van der Waals surface area contributed by atoms with Gasteiger partial charge in [0.1, 0.15) is 11.4 Å². The molecule has 2 aliphatic heterocycles. The lowest BCUT2D eigenvalue weighted by Gasteiger charge is -2.55. The van der Waals surface area contributed by atoms with E-state index in [-0.39, 0.29) is 11.0 Å². The van der Waals surface area contributed by atoms with Gasteiger partial charge in [-0.1, -0.05) is 44.2 Å². The van der Waals surface area contributed by atoms with Crippen LogP contribution in [0.3, 0.4) is 0 Å². The van der Waals surface area contributed by atoms with Crippen molar-refractivity contribution in [3.05, 3.63) is 63.6 Å². The third-order valence-electron chi connectivity index (χ3n) is 6.78.